The maximum atomic E-state index is 12.7. The van der Waals surface area contributed by atoms with E-state index in [-0.39, 0.29) is 5.69 Å². The third kappa shape index (κ3) is 5.90. The number of thiophene rings is 1. The van der Waals surface area contributed by atoms with Gasteiger partial charge < -0.3 is 0 Å². The van der Waals surface area contributed by atoms with Crippen LogP contribution in [0.15, 0.2) is 10.2 Å². The third-order valence-electron chi connectivity index (χ3n) is 5.53. The van der Waals surface area contributed by atoms with Crippen molar-refractivity contribution in [2.45, 2.75) is 99.0 Å². The van der Waals surface area contributed by atoms with E-state index >= 15 is 0 Å². The van der Waals surface area contributed by atoms with E-state index in [2.05, 4.69) is 25.8 Å². The van der Waals surface area contributed by atoms with Crippen molar-refractivity contribution in [3.05, 3.63) is 15.9 Å². The topological polar surface area (TPSA) is 64.1 Å². The molecule has 0 radical (unpaired) electrons. The Bertz CT molecular complexity index is 838. The molecule has 2 heterocycles. The first-order valence-corrected chi connectivity index (χ1v) is 19.5. The molecular formula is C22H38N2O3SSn. The number of hydrogen-bond acceptors (Lipinski definition) is 4. The Morgan fingerprint density at radius 3 is 2.03 bits per heavy atom. The van der Waals surface area contributed by atoms with Gasteiger partial charge in [-0.15, -0.1) is 0 Å². The van der Waals surface area contributed by atoms with Gasteiger partial charge in [-0.3, -0.25) is 0 Å². The molecule has 0 spiro atoms. The fourth-order valence-corrected chi connectivity index (χ4v) is 24.7. The Labute approximate surface area is 183 Å². The van der Waals surface area contributed by atoms with Crippen molar-refractivity contribution < 1.29 is 9.53 Å². The second-order valence-corrected chi connectivity index (χ2v) is 24.1. The van der Waals surface area contributed by atoms with E-state index in [0.29, 0.717) is 5.52 Å². The molecule has 2 aromatic rings. The number of aromatic amines is 1. The van der Waals surface area contributed by atoms with Crippen LogP contribution < -0.4 is 8.58 Å². The van der Waals surface area contributed by atoms with Crippen LogP contribution in [0.2, 0.25) is 13.3 Å². The Hall–Kier alpha value is -0.761. The van der Waals surface area contributed by atoms with Crippen LogP contribution in [0.4, 0.5) is 4.79 Å². The molecule has 0 aliphatic heterocycles. The van der Waals surface area contributed by atoms with Crippen molar-refractivity contribution in [2.75, 3.05) is 0 Å². The molecule has 2 rings (SSSR count). The van der Waals surface area contributed by atoms with Gasteiger partial charge in [-0.25, -0.2) is 0 Å². The van der Waals surface area contributed by atoms with Crippen molar-refractivity contribution in [3.8, 4) is 0 Å². The quantitative estimate of drug-likeness (QED) is 0.371. The van der Waals surface area contributed by atoms with Crippen LogP contribution in [0.5, 0.6) is 0 Å². The predicted molar refractivity (Wildman–Crippen MR) is 127 cm³/mol. The molecule has 7 heteroatoms. The number of carbonyl (C=O) groups is 1. The number of carbonyl (C=O) groups excluding carboxylic acids is 1. The molecule has 0 amide bonds. The van der Waals surface area contributed by atoms with Gasteiger partial charge in [0.1, 0.15) is 0 Å². The van der Waals surface area contributed by atoms with Crippen LogP contribution in [0, 0.1) is 0 Å². The summed E-state index contributed by atoms with van der Waals surface area (Å²) < 4.78 is 12.1. The number of nitrogens with one attached hydrogen (secondary N) is 1. The van der Waals surface area contributed by atoms with Crippen molar-refractivity contribution in [1.82, 2.24) is 9.55 Å². The van der Waals surface area contributed by atoms with E-state index in [1.165, 1.54) is 59.3 Å². The molecule has 0 saturated carbocycles. The second-order valence-electron chi connectivity index (χ2n) is 9.16. The summed E-state index contributed by atoms with van der Waals surface area (Å²) in [5, 5.41) is 2.00. The molecule has 29 heavy (non-hydrogen) atoms. The molecular weight excluding hydrogens is 491 g/mol. The first kappa shape index (κ1) is 24.5. The minimum atomic E-state index is -2.69. The number of unbranched alkanes of at least 4 members (excludes halogenated alkanes) is 3. The molecule has 5 nitrogen and oxygen atoms in total. The number of ether oxygens (including phenoxy) is 1. The number of nitrogens with zero attached hydrogens (tertiary/aromatic N) is 1. The Morgan fingerprint density at radius 2 is 1.59 bits per heavy atom. The average molecular weight is 529 g/mol. The van der Waals surface area contributed by atoms with Gasteiger partial charge in [-0.2, -0.15) is 0 Å². The average Bonchev–Trinajstić information content (AvgIpc) is 3.18. The summed E-state index contributed by atoms with van der Waals surface area (Å²) in [4.78, 5) is 28.4. The Balaban J connectivity index is 2.56. The van der Waals surface area contributed by atoms with Crippen molar-refractivity contribution in [1.29, 1.82) is 0 Å². The molecule has 0 unspecified atom stereocenters. The van der Waals surface area contributed by atoms with Gasteiger partial charge in [0.2, 0.25) is 0 Å². The van der Waals surface area contributed by atoms with Crippen LogP contribution in [0.3, 0.4) is 0 Å². The molecule has 1 N–H and O–H groups in total. The number of H-pyrrole nitrogens is 1. The van der Waals surface area contributed by atoms with Gasteiger partial charge in [0, 0.05) is 0 Å². The second kappa shape index (κ2) is 10.5. The first-order valence-electron chi connectivity index (χ1n) is 11.1. The molecule has 0 atom stereocenters. The van der Waals surface area contributed by atoms with Crippen LogP contribution >= 0.6 is 11.3 Å². The van der Waals surface area contributed by atoms with Gasteiger partial charge in [-0.05, 0) is 0 Å². The van der Waals surface area contributed by atoms with Gasteiger partial charge in [-0.1, -0.05) is 0 Å². The fraction of sp³-hybridized carbons (Fsp3) is 0.727. The molecule has 2 aromatic heterocycles. The van der Waals surface area contributed by atoms with Gasteiger partial charge in [0.15, 0.2) is 0 Å². The van der Waals surface area contributed by atoms with E-state index < -0.39 is 30.1 Å². The normalized spacial score (nSPS) is 12.6. The zero-order chi connectivity index (χ0) is 21.7. The molecule has 0 aliphatic carbocycles. The summed E-state index contributed by atoms with van der Waals surface area (Å²) in [6, 6.07) is 0. The first-order chi connectivity index (χ1) is 13.7. The van der Waals surface area contributed by atoms with Gasteiger partial charge >= 0.3 is 184 Å². The van der Waals surface area contributed by atoms with Crippen molar-refractivity contribution >= 4 is 49.7 Å². The summed E-state index contributed by atoms with van der Waals surface area (Å²) in [5.41, 5.74) is 0.616. The van der Waals surface area contributed by atoms with E-state index in [0.717, 1.165) is 5.52 Å². The summed E-state index contributed by atoms with van der Waals surface area (Å²) in [5.74, 6) is 0. The monoisotopic (exact) mass is 530 g/mol. The van der Waals surface area contributed by atoms with Crippen LogP contribution in [-0.2, 0) is 4.74 Å². The van der Waals surface area contributed by atoms with Crippen LogP contribution in [0.1, 0.15) is 80.1 Å². The number of fused-ring (bicyclic) bond motifs is 1. The summed E-state index contributed by atoms with van der Waals surface area (Å²) >= 11 is -0.907. The van der Waals surface area contributed by atoms with Crippen molar-refractivity contribution in [3.63, 3.8) is 0 Å². The van der Waals surface area contributed by atoms with Gasteiger partial charge in [0.05, 0.1) is 0 Å². The summed E-state index contributed by atoms with van der Waals surface area (Å²) in [6.07, 6.45) is 6.83. The van der Waals surface area contributed by atoms with Crippen LogP contribution in [-0.4, -0.2) is 39.6 Å². The maximum absolute atomic E-state index is 12.7. The molecule has 0 bridgehead atoms. The number of hydrogen-bond donors (Lipinski definition) is 1. The van der Waals surface area contributed by atoms with Crippen molar-refractivity contribution in [2.24, 2.45) is 0 Å². The SMILES string of the molecule is CCC[CH2][Sn]([CH2]CCC)([CH2]CCC)[c]1scc2c1[nH]c(=O)n2C(=O)OC(C)(C)C. The third-order valence-corrected chi connectivity index (χ3v) is 24.9. The number of aromatic nitrogens is 2. The minimum absolute atomic E-state index is 0.375. The Kier molecular flexibility index (Phi) is 8.88. The van der Waals surface area contributed by atoms with Crippen LogP contribution in [0.25, 0.3) is 11.0 Å². The molecule has 0 aliphatic rings. The Morgan fingerprint density at radius 1 is 1.07 bits per heavy atom. The predicted octanol–water partition coefficient (Wildman–Crippen LogP) is 6.23. The number of rotatable bonds is 10. The zero-order valence-corrected chi connectivity index (χ0v) is 22.7. The zero-order valence-electron chi connectivity index (χ0n) is 19.0. The number of imidazole rings is 1. The molecule has 0 fully saturated rings. The van der Waals surface area contributed by atoms with E-state index in [9.17, 15) is 9.59 Å². The molecule has 0 saturated heterocycles. The van der Waals surface area contributed by atoms with Gasteiger partial charge in [0.25, 0.3) is 0 Å². The summed E-state index contributed by atoms with van der Waals surface area (Å²) in [6.45, 7) is 12.3. The van der Waals surface area contributed by atoms with E-state index in [1.807, 2.05) is 26.2 Å². The fourth-order valence-electron chi connectivity index (χ4n) is 4.05. The van der Waals surface area contributed by atoms with E-state index in [1.54, 1.807) is 11.3 Å². The summed E-state index contributed by atoms with van der Waals surface area (Å²) in [7, 11) is 0. The standard InChI is InChI=1S/C10H11N2O3S.3C4H9.Sn/c1-10(2,3)15-9(14)12-7-5-16-4-6(7)11-8(12)13;3*1-3-4-2;/h5H,1-3H3,(H,11,13);3*1,3-4H2,2H3;. The molecule has 0 aromatic carbocycles. The van der Waals surface area contributed by atoms with E-state index in [4.69, 9.17) is 4.74 Å². The molecule has 164 valence electrons.